The Morgan fingerprint density at radius 2 is 1.45 bits per heavy atom. The molecule has 4 aliphatic rings. The molecule has 1 N–H and O–H groups in total. The summed E-state index contributed by atoms with van der Waals surface area (Å²) in [6, 6.07) is 8.32. The second kappa shape index (κ2) is 4.33. The predicted molar refractivity (Wildman–Crippen MR) is 84.3 cm³/mol. The molecule has 0 saturated heterocycles. The topological polar surface area (TPSA) is 20.2 Å². The van der Waals surface area contributed by atoms with E-state index in [1.165, 1.54) is 38.5 Å². The van der Waals surface area contributed by atoms with Gasteiger partial charge in [0, 0.05) is 9.89 Å². The fourth-order valence-corrected chi connectivity index (χ4v) is 6.05. The van der Waals surface area contributed by atoms with Gasteiger partial charge in [0.15, 0.2) is 0 Å². The molecule has 0 spiro atoms. The summed E-state index contributed by atoms with van der Waals surface area (Å²) in [6.45, 7) is 2.07. The van der Waals surface area contributed by atoms with Gasteiger partial charge in [0.05, 0.1) is 5.60 Å². The van der Waals surface area contributed by atoms with E-state index in [4.69, 9.17) is 0 Å². The van der Waals surface area contributed by atoms with Crippen molar-refractivity contribution >= 4 is 15.9 Å². The summed E-state index contributed by atoms with van der Waals surface area (Å²) < 4.78 is 1.09. The Hall–Kier alpha value is -0.340. The summed E-state index contributed by atoms with van der Waals surface area (Å²) in [7, 11) is 0. The van der Waals surface area contributed by atoms with Crippen molar-refractivity contribution in [3.63, 3.8) is 0 Å². The number of hydrogen-bond acceptors (Lipinski definition) is 1. The van der Waals surface area contributed by atoms with Crippen LogP contribution in [0.25, 0.3) is 0 Å². The Morgan fingerprint density at radius 1 is 1.00 bits per heavy atom. The van der Waals surface area contributed by atoms with E-state index in [1.807, 2.05) is 0 Å². The summed E-state index contributed by atoms with van der Waals surface area (Å²) in [5.41, 5.74) is 0.557. The largest absolute Gasteiger partial charge is 0.385 e. The van der Waals surface area contributed by atoms with Gasteiger partial charge in [-0.3, -0.25) is 0 Å². The molecule has 0 radical (unpaired) electrons. The van der Waals surface area contributed by atoms with Gasteiger partial charge >= 0.3 is 0 Å². The van der Waals surface area contributed by atoms with Gasteiger partial charge in [0.2, 0.25) is 0 Å². The lowest BCUT2D eigenvalue weighted by Gasteiger charge is -2.61. The normalized spacial score (nSPS) is 41.6. The van der Waals surface area contributed by atoms with Crippen LogP contribution < -0.4 is 0 Å². The molecule has 4 aliphatic carbocycles. The summed E-state index contributed by atoms with van der Waals surface area (Å²) >= 11 is 3.49. The van der Waals surface area contributed by atoms with E-state index in [9.17, 15) is 5.11 Å². The van der Waals surface area contributed by atoms with Crippen molar-refractivity contribution in [2.75, 3.05) is 0 Å². The Morgan fingerprint density at radius 3 is 1.90 bits per heavy atom. The molecule has 1 atom stereocenters. The minimum absolute atomic E-state index is 0.135. The van der Waals surface area contributed by atoms with E-state index < -0.39 is 5.60 Å². The van der Waals surface area contributed by atoms with Crippen LogP contribution in [0.15, 0.2) is 28.7 Å². The van der Waals surface area contributed by atoms with Crippen LogP contribution in [0.5, 0.6) is 0 Å². The van der Waals surface area contributed by atoms with Crippen LogP contribution in [-0.4, -0.2) is 5.11 Å². The van der Waals surface area contributed by atoms with E-state index in [-0.39, 0.29) is 5.41 Å². The molecule has 1 aromatic rings. The van der Waals surface area contributed by atoms with Crippen LogP contribution in [-0.2, 0) is 5.60 Å². The van der Waals surface area contributed by atoms with Gasteiger partial charge in [-0.25, -0.2) is 0 Å². The van der Waals surface area contributed by atoms with Crippen molar-refractivity contribution in [2.45, 2.75) is 51.0 Å². The first-order chi connectivity index (χ1) is 9.48. The molecule has 108 valence electrons. The standard InChI is InChI=1S/C18H23BrO/c1-17(20,15-2-4-16(19)5-3-15)18-9-12-6-13(10-18)8-14(7-12)11-18/h2-5,12-14,20H,6-11H2,1H3. The molecule has 1 nitrogen and oxygen atoms in total. The highest BCUT2D eigenvalue weighted by molar-refractivity contribution is 9.10. The lowest BCUT2D eigenvalue weighted by Crippen LogP contribution is -2.55. The zero-order valence-electron chi connectivity index (χ0n) is 12.1. The average molecular weight is 335 g/mol. The van der Waals surface area contributed by atoms with E-state index in [0.717, 1.165) is 27.8 Å². The molecule has 2 heteroatoms. The Balaban J connectivity index is 1.73. The van der Waals surface area contributed by atoms with Gasteiger partial charge in [-0.2, -0.15) is 0 Å². The molecule has 0 amide bonds. The number of aliphatic hydroxyl groups is 1. The predicted octanol–water partition coefficient (Wildman–Crippen LogP) is 4.87. The van der Waals surface area contributed by atoms with Crippen molar-refractivity contribution < 1.29 is 5.11 Å². The van der Waals surface area contributed by atoms with Crippen molar-refractivity contribution in [3.05, 3.63) is 34.3 Å². The first-order valence-electron chi connectivity index (χ1n) is 7.97. The van der Waals surface area contributed by atoms with Gasteiger partial charge in [-0.15, -0.1) is 0 Å². The third kappa shape index (κ3) is 1.84. The zero-order valence-corrected chi connectivity index (χ0v) is 13.7. The van der Waals surface area contributed by atoms with Crippen molar-refractivity contribution in [1.29, 1.82) is 0 Å². The number of hydrogen-bond donors (Lipinski definition) is 1. The van der Waals surface area contributed by atoms with E-state index in [1.54, 1.807) is 0 Å². The quantitative estimate of drug-likeness (QED) is 0.817. The number of rotatable bonds is 2. The maximum atomic E-state index is 11.4. The second-order valence-electron chi connectivity index (χ2n) is 7.78. The van der Waals surface area contributed by atoms with Gasteiger partial charge in [-0.1, -0.05) is 28.1 Å². The summed E-state index contributed by atoms with van der Waals surface area (Å²) in [4.78, 5) is 0. The van der Waals surface area contributed by atoms with Crippen molar-refractivity contribution in [1.82, 2.24) is 0 Å². The maximum Gasteiger partial charge on any atom is 0.0924 e. The lowest BCUT2D eigenvalue weighted by molar-refractivity contribution is -0.176. The minimum atomic E-state index is -0.677. The van der Waals surface area contributed by atoms with Gasteiger partial charge in [0.1, 0.15) is 0 Å². The lowest BCUT2D eigenvalue weighted by atomic mass is 9.45. The molecule has 0 heterocycles. The highest BCUT2D eigenvalue weighted by atomic mass is 79.9. The highest BCUT2D eigenvalue weighted by Gasteiger charge is 2.58. The maximum absolute atomic E-state index is 11.4. The minimum Gasteiger partial charge on any atom is -0.385 e. The third-order valence-corrected chi connectivity index (χ3v) is 7.01. The fraction of sp³-hybridized carbons (Fsp3) is 0.667. The third-order valence-electron chi connectivity index (χ3n) is 6.48. The Kier molecular flexibility index (Phi) is 2.89. The molecule has 0 aromatic heterocycles. The van der Waals surface area contributed by atoms with Gasteiger partial charge in [0.25, 0.3) is 0 Å². The van der Waals surface area contributed by atoms with Crippen molar-refractivity contribution in [2.24, 2.45) is 23.2 Å². The number of halogens is 1. The molecule has 4 fully saturated rings. The van der Waals surface area contributed by atoms with Gasteiger partial charge in [-0.05, 0) is 80.9 Å². The van der Waals surface area contributed by atoms with E-state index in [0.29, 0.717) is 0 Å². The monoisotopic (exact) mass is 334 g/mol. The molecule has 1 aromatic carbocycles. The molecule has 5 rings (SSSR count). The molecular formula is C18H23BrO. The summed E-state index contributed by atoms with van der Waals surface area (Å²) in [5.74, 6) is 2.63. The molecular weight excluding hydrogens is 312 g/mol. The van der Waals surface area contributed by atoms with Crippen LogP contribution in [0.3, 0.4) is 0 Å². The Bertz CT molecular complexity index is 481. The van der Waals surface area contributed by atoms with Crippen LogP contribution in [0.1, 0.15) is 51.0 Å². The van der Waals surface area contributed by atoms with E-state index in [2.05, 4.69) is 47.1 Å². The molecule has 4 bridgehead atoms. The van der Waals surface area contributed by atoms with E-state index >= 15 is 0 Å². The Labute approximate surface area is 129 Å². The SMILES string of the molecule is CC(O)(c1ccc(Br)cc1)C12CC3CC(CC(C3)C1)C2. The first-order valence-corrected chi connectivity index (χ1v) is 8.76. The second-order valence-corrected chi connectivity index (χ2v) is 8.69. The number of benzene rings is 1. The van der Waals surface area contributed by atoms with Crippen LogP contribution in [0.4, 0.5) is 0 Å². The zero-order chi connectivity index (χ0) is 14.0. The molecule has 4 saturated carbocycles. The molecule has 20 heavy (non-hydrogen) atoms. The van der Waals surface area contributed by atoms with Gasteiger partial charge < -0.3 is 5.11 Å². The fourth-order valence-electron chi connectivity index (χ4n) is 5.79. The summed E-state index contributed by atoms with van der Waals surface area (Å²) in [6.07, 6.45) is 7.99. The molecule has 0 aliphatic heterocycles. The van der Waals surface area contributed by atoms with Crippen LogP contribution in [0.2, 0.25) is 0 Å². The smallest absolute Gasteiger partial charge is 0.0924 e. The van der Waals surface area contributed by atoms with Crippen LogP contribution >= 0.6 is 15.9 Å². The summed E-state index contributed by atoms with van der Waals surface area (Å²) in [5, 5.41) is 11.4. The van der Waals surface area contributed by atoms with Crippen molar-refractivity contribution in [3.8, 4) is 0 Å². The van der Waals surface area contributed by atoms with Crippen LogP contribution in [0, 0.1) is 23.2 Å². The highest BCUT2D eigenvalue weighted by Crippen LogP contribution is 2.65. The first kappa shape index (κ1) is 13.3. The molecule has 1 unspecified atom stereocenters. The average Bonchev–Trinajstić information content (AvgIpc) is 2.37.